The van der Waals surface area contributed by atoms with Crippen LogP contribution in [0.4, 0.5) is 0 Å². The fraction of sp³-hybridized carbons (Fsp3) is 0.667. The van der Waals surface area contributed by atoms with E-state index in [4.69, 9.17) is 9.15 Å². The molecule has 3 heteroatoms. The molecule has 1 unspecified atom stereocenters. The van der Waals surface area contributed by atoms with Gasteiger partial charge in [-0.1, -0.05) is 6.92 Å². The van der Waals surface area contributed by atoms with Crippen molar-refractivity contribution >= 4 is 0 Å². The normalized spacial score (nSPS) is 13.4. The first-order valence-corrected chi connectivity index (χ1v) is 5.54. The third-order valence-electron chi connectivity index (χ3n) is 2.26. The second-order valence-corrected chi connectivity index (χ2v) is 3.96. The monoisotopic (exact) mass is 211 g/mol. The first-order chi connectivity index (χ1) is 7.15. The summed E-state index contributed by atoms with van der Waals surface area (Å²) in [6, 6.07) is 2.14. The van der Waals surface area contributed by atoms with Gasteiger partial charge in [-0.3, -0.25) is 0 Å². The Labute approximate surface area is 91.8 Å². The molecule has 0 fully saturated rings. The van der Waals surface area contributed by atoms with E-state index in [-0.39, 0.29) is 12.1 Å². The van der Waals surface area contributed by atoms with E-state index >= 15 is 0 Å². The van der Waals surface area contributed by atoms with E-state index in [0.29, 0.717) is 6.61 Å². The topological polar surface area (TPSA) is 34.4 Å². The minimum Gasteiger partial charge on any atom is -0.467 e. The largest absolute Gasteiger partial charge is 0.467 e. The first-order valence-electron chi connectivity index (χ1n) is 5.54. The molecule has 1 atom stereocenters. The fourth-order valence-corrected chi connectivity index (χ4v) is 1.50. The quantitative estimate of drug-likeness (QED) is 0.785. The van der Waals surface area contributed by atoms with Gasteiger partial charge in [-0.15, -0.1) is 0 Å². The van der Waals surface area contributed by atoms with E-state index in [9.17, 15) is 0 Å². The summed E-state index contributed by atoms with van der Waals surface area (Å²) in [5.74, 6) is 0.984. The van der Waals surface area contributed by atoms with Crippen molar-refractivity contribution in [1.29, 1.82) is 0 Å². The van der Waals surface area contributed by atoms with E-state index in [0.717, 1.165) is 12.3 Å². The van der Waals surface area contributed by atoms with Crippen LogP contribution in [0, 0.1) is 6.92 Å². The molecule has 0 spiro atoms. The molecule has 0 aromatic carbocycles. The Morgan fingerprint density at radius 1 is 1.47 bits per heavy atom. The van der Waals surface area contributed by atoms with Crippen LogP contribution in [-0.2, 0) is 4.74 Å². The van der Waals surface area contributed by atoms with Crippen molar-refractivity contribution in [1.82, 2.24) is 5.32 Å². The van der Waals surface area contributed by atoms with Crippen LogP contribution in [-0.4, -0.2) is 19.3 Å². The van der Waals surface area contributed by atoms with Gasteiger partial charge in [0.25, 0.3) is 0 Å². The van der Waals surface area contributed by atoms with E-state index in [1.54, 1.807) is 6.26 Å². The molecule has 1 heterocycles. The van der Waals surface area contributed by atoms with Crippen LogP contribution in [0.1, 0.15) is 38.1 Å². The number of hydrogen-bond donors (Lipinski definition) is 1. The van der Waals surface area contributed by atoms with Crippen LogP contribution in [0.15, 0.2) is 16.7 Å². The highest BCUT2D eigenvalue weighted by atomic mass is 16.5. The van der Waals surface area contributed by atoms with Gasteiger partial charge in [0.2, 0.25) is 0 Å². The molecule has 15 heavy (non-hydrogen) atoms. The van der Waals surface area contributed by atoms with Crippen LogP contribution in [0.5, 0.6) is 0 Å². The van der Waals surface area contributed by atoms with Gasteiger partial charge in [0, 0.05) is 0 Å². The summed E-state index contributed by atoms with van der Waals surface area (Å²) in [5, 5.41) is 3.36. The number of nitrogens with one attached hydrogen (secondary N) is 1. The van der Waals surface area contributed by atoms with Gasteiger partial charge >= 0.3 is 0 Å². The molecular weight excluding hydrogens is 190 g/mol. The lowest BCUT2D eigenvalue weighted by Crippen LogP contribution is -2.26. The zero-order chi connectivity index (χ0) is 11.3. The summed E-state index contributed by atoms with van der Waals surface area (Å²) in [6.45, 7) is 9.78. The molecule has 86 valence electrons. The summed E-state index contributed by atoms with van der Waals surface area (Å²) in [5.41, 5.74) is 1.17. The molecule has 1 aromatic heterocycles. The van der Waals surface area contributed by atoms with Gasteiger partial charge in [0.15, 0.2) is 0 Å². The number of hydrogen-bond acceptors (Lipinski definition) is 3. The summed E-state index contributed by atoms with van der Waals surface area (Å²) in [4.78, 5) is 0. The predicted molar refractivity (Wildman–Crippen MR) is 61.0 cm³/mol. The molecule has 1 aromatic rings. The van der Waals surface area contributed by atoms with Gasteiger partial charge in [0.05, 0.1) is 25.0 Å². The van der Waals surface area contributed by atoms with Crippen molar-refractivity contribution in [2.45, 2.75) is 39.8 Å². The molecule has 1 rings (SSSR count). The van der Waals surface area contributed by atoms with Gasteiger partial charge in [-0.25, -0.2) is 0 Å². The lowest BCUT2D eigenvalue weighted by Gasteiger charge is -2.18. The smallest absolute Gasteiger partial charge is 0.125 e. The van der Waals surface area contributed by atoms with Crippen molar-refractivity contribution in [3.63, 3.8) is 0 Å². The molecule has 0 amide bonds. The maximum Gasteiger partial charge on any atom is 0.125 e. The Kier molecular flexibility index (Phi) is 4.85. The highest BCUT2D eigenvalue weighted by Gasteiger charge is 2.16. The number of likely N-dealkylation sites (N-methyl/N-ethyl adjacent to an activating group) is 1. The lowest BCUT2D eigenvalue weighted by molar-refractivity contribution is 0.0570. The number of ether oxygens (including phenoxy) is 1. The minimum atomic E-state index is 0.160. The van der Waals surface area contributed by atoms with E-state index < -0.39 is 0 Å². The maximum atomic E-state index is 5.61. The zero-order valence-corrected chi connectivity index (χ0v) is 10.0. The zero-order valence-electron chi connectivity index (χ0n) is 10.0. The Balaban J connectivity index is 2.61. The maximum absolute atomic E-state index is 5.61. The Morgan fingerprint density at radius 3 is 2.67 bits per heavy atom. The summed E-state index contributed by atoms with van der Waals surface area (Å²) < 4.78 is 11.1. The van der Waals surface area contributed by atoms with Crippen molar-refractivity contribution in [2.24, 2.45) is 0 Å². The number of furan rings is 1. The van der Waals surface area contributed by atoms with Gasteiger partial charge in [-0.2, -0.15) is 0 Å². The van der Waals surface area contributed by atoms with Crippen LogP contribution in [0.2, 0.25) is 0 Å². The third-order valence-corrected chi connectivity index (χ3v) is 2.26. The molecule has 0 aliphatic carbocycles. The van der Waals surface area contributed by atoms with Crippen LogP contribution < -0.4 is 5.32 Å². The highest BCUT2D eigenvalue weighted by Crippen LogP contribution is 2.19. The van der Waals surface area contributed by atoms with Crippen molar-refractivity contribution in [3.8, 4) is 0 Å². The second kappa shape index (κ2) is 5.93. The lowest BCUT2D eigenvalue weighted by atomic mass is 10.1. The Bertz CT molecular complexity index is 281. The van der Waals surface area contributed by atoms with Gasteiger partial charge < -0.3 is 14.5 Å². The SMILES string of the molecule is CCNC(COC(C)C)c1occc1C. The van der Waals surface area contributed by atoms with Crippen molar-refractivity contribution < 1.29 is 9.15 Å². The Hall–Kier alpha value is -0.800. The van der Waals surface area contributed by atoms with Crippen LogP contribution in [0.25, 0.3) is 0 Å². The standard InChI is InChI=1S/C12H21NO2/c1-5-13-11(8-15-9(2)3)12-10(4)6-7-14-12/h6-7,9,11,13H,5,8H2,1-4H3. The molecule has 0 radical (unpaired) electrons. The van der Waals surface area contributed by atoms with Gasteiger partial charge in [-0.05, 0) is 38.9 Å². The van der Waals surface area contributed by atoms with Gasteiger partial charge in [0.1, 0.15) is 5.76 Å². The molecule has 3 nitrogen and oxygen atoms in total. The van der Waals surface area contributed by atoms with E-state index in [1.165, 1.54) is 5.56 Å². The van der Waals surface area contributed by atoms with Crippen molar-refractivity contribution in [3.05, 3.63) is 23.7 Å². The minimum absolute atomic E-state index is 0.160. The predicted octanol–water partition coefficient (Wildman–Crippen LogP) is 2.66. The molecule has 0 aliphatic heterocycles. The summed E-state index contributed by atoms with van der Waals surface area (Å²) in [6.07, 6.45) is 1.98. The molecule has 0 saturated carbocycles. The average molecular weight is 211 g/mol. The van der Waals surface area contributed by atoms with Crippen molar-refractivity contribution in [2.75, 3.05) is 13.2 Å². The number of rotatable bonds is 6. The molecule has 0 saturated heterocycles. The first kappa shape index (κ1) is 12.3. The summed E-state index contributed by atoms with van der Waals surface area (Å²) in [7, 11) is 0. The Morgan fingerprint density at radius 2 is 2.20 bits per heavy atom. The van der Waals surface area contributed by atoms with Crippen LogP contribution in [0.3, 0.4) is 0 Å². The summed E-state index contributed by atoms with van der Waals surface area (Å²) >= 11 is 0. The molecular formula is C12H21NO2. The molecule has 0 bridgehead atoms. The number of aryl methyl sites for hydroxylation is 1. The highest BCUT2D eigenvalue weighted by molar-refractivity contribution is 5.18. The van der Waals surface area contributed by atoms with E-state index in [1.807, 2.05) is 19.9 Å². The molecule has 1 N–H and O–H groups in total. The fourth-order valence-electron chi connectivity index (χ4n) is 1.50. The van der Waals surface area contributed by atoms with Crippen LogP contribution >= 0.6 is 0 Å². The van der Waals surface area contributed by atoms with E-state index in [2.05, 4.69) is 19.2 Å². The average Bonchev–Trinajstić information content (AvgIpc) is 2.59. The molecule has 0 aliphatic rings. The second-order valence-electron chi connectivity index (χ2n) is 3.96. The third kappa shape index (κ3) is 3.68.